The summed E-state index contributed by atoms with van der Waals surface area (Å²) >= 11 is 0. The van der Waals surface area contributed by atoms with Crippen molar-refractivity contribution >= 4 is 11.9 Å². The Kier molecular flexibility index (Phi) is 12.3. The van der Waals surface area contributed by atoms with E-state index in [0.29, 0.717) is 0 Å². The van der Waals surface area contributed by atoms with E-state index in [1.807, 2.05) is 0 Å². The lowest BCUT2D eigenvalue weighted by atomic mass is 9.52. The molecule has 4 aromatic rings. The van der Waals surface area contributed by atoms with Crippen molar-refractivity contribution in [1.82, 2.24) is 0 Å². The van der Waals surface area contributed by atoms with Gasteiger partial charge in [-0.3, -0.25) is 14.3 Å². The molecule has 20 heteroatoms. The highest BCUT2D eigenvalue weighted by molar-refractivity contribution is 5.87. The summed E-state index contributed by atoms with van der Waals surface area (Å²) in [5, 5.41) is 125. The predicted molar refractivity (Wildman–Crippen MR) is 200 cm³/mol. The van der Waals surface area contributed by atoms with Crippen molar-refractivity contribution in [3.8, 4) is 46.0 Å². The summed E-state index contributed by atoms with van der Waals surface area (Å²) < 4.78 is 33.6. The Labute approximate surface area is 344 Å². The van der Waals surface area contributed by atoms with Crippen molar-refractivity contribution in [1.29, 1.82) is 0 Å². The van der Waals surface area contributed by atoms with Crippen LogP contribution >= 0.6 is 0 Å². The zero-order chi connectivity index (χ0) is 43.9. The van der Waals surface area contributed by atoms with Crippen LogP contribution in [0.1, 0.15) is 23.0 Å². The zero-order valence-electron chi connectivity index (χ0n) is 31.5. The first-order valence-corrected chi connectivity index (χ1v) is 18.7. The zero-order valence-corrected chi connectivity index (χ0v) is 31.5. The SMILES string of the molecule is O=C(OCC1O[C@@H](Oc2ccc(O)cc2)C(O)[C@@H](O)[C@H]1O)[C@H]1[C@H](C(=O)OC2O[C@@H](Oc3ccc(O)cc3)C(O)[C@@H](O)[C@H]2O)[C@H](c2ccc(O)c(O)c2)[C@H]1c1ccc(O)c(O)c1. The first kappa shape index (κ1) is 43.0. The van der Waals surface area contributed by atoms with Gasteiger partial charge in [0.05, 0.1) is 11.8 Å². The van der Waals surface area contributed by atoms with Crippen LogP contribution in [0.3, 0.4) is 0 Å². The smallest absolute Gasteiger partial charge is 0.312 e. The average Bonchev–Trinajstić information content (AvgIpc) is 3.22. The van der Waals surface area contributed by atoms with E-state index in [0.717, 1.165) is 24.3 Å². The van der Waals surface area contributed by atoms with Crippen LogP contribution in [0.5, 0.6) is 46.0 Å². The predicted octanol–water partition coefficient (Wildman–Crippen LogP) is -0.149. The van der Waals surface area contributed by atoms with Gasteiger partial charge in [-0.2, -0.15) is 0 Å². The molecule has 2 heterocycles. The Morgan fingerprint density at radius 1 is 0.475 bits per heavy atom. The van der Waals surface area contributed by atoms with Gasteiger partial charge >= 0.3 is 11.9 Å². The Hall–Kier alpha value is -6.10. The molecule has 4 unspecified atom stereocenters. The molecular formula is C41H42O20. The molecule has 2 aliphatic heterocycles. The minimum Gasteiger partial charge on any atom is -0.508 e. The Morgan fingerprint density at radius 2 is 0.902 bits per heavy atom. The van der Waals surface area contributed by atoms with Crippen molar-refractivity contribution in [2.24, 2.45) is 11.8 Å². The standard InChI is InChI=1S/C41H42O20/c42-18-3-7-20(8-4-18)57-39-34(51)32(49)31(48)26(59-39)15-56-37(54)29-27(16-1-11-22(44)24(46)13-16)28(17-2-12-23(45)25(47)14-17)30(29)38(55)60-41-36(53)33(50)35(52)40(61-41)58-21-9-5-19(43)6-10-21/h1-14,26-36,39-53H,15H2/t26?,27-,28-,29-,30-,31+,32+,33-,34?,35?,36-,39-,40-,41?/m1/s1. The first-order chi connectivity index (χ1) is 29.0. The lowest BCUT2D eigenvalue weighted by Crippen LogP contribution is -2.61. The number of phenolic OH excluding ortho intramolecular Hbond substituents is 6. The number of aliphatic hydroxyl groups excluding tert-OH is 6. The van der Waals surface area contributed by atoms with E-state index in [4.69, 9.17) is 28.4 Å². The third kappa shape index (κ3) is 8.74. The van der Waals surface area contributed by atoms with Gasteiger partial charge in [0.1, 0.15) is 72.3 Å². The second kappa shape index (κ2) is 17.5. The van der Waals surface area contributed by atoms with E-state index >= 15 is 0 Å². The molecule has 3 fully saturated rings. The Bertz CT molecular complexity index is 2180. The van der Waals surface area contributed by atoms with Gasteiger partial charge in [0.25, 0.3) is 0 Å². The largest absolute Gasteiger partial charge is 0.508 e. The van der Waals surface area contributed by atoms with Crippen molar-refractivity contribution in [2.75, 3.05) is 6.61 Å². The van der Waals surface area contributed by atoms with Crippen LogP contribution in [0.25, 0.3) is 0 Å². The number of benzene rings is 4. The summed E-state index contributed by atoms with van der Waals surface area (Å²) in [6.45, 7) is -0.805. The van der Waals surface area contributed by atoms with Gasteiger partial charge in [-0.25, -0.2) is 0 Å². The third-order valence-corrected chi connectivity index (χ3v) is 10.9. The van der Waals surface area contributed by atoms with Crippen molar-refractivity contribution in [3.63, 3.8) is 0 Å². The highest BCUT2D eigenvalue weighted by Gasteiger charge is 2.61. The number of carbonyl (C=O) groups is 2. The second-order valence-corrected chi connectivity index (χ2v) is 14.7. The third-order valence-electron chi connectivity index (χ3n) is 10.9. The number of esters is 2. The van der Waals surface area contributed by atoms with Crippen molar-refractivity contribution in [2.45, 2.75) is 73.4 Å². The Morgan fingerprint density at radius 3 is 1.38 bits per heavy atom. The fourth-order valence-corrected chi connectivity index (χ4v) is 7.59. The lowest BCUT2D eigenvalue weighted by Gasteiger charge is -2.50. The molecule has 14 atom stereocenters. The molecule has 0 amide bonds. The number of phenols is 6. The van der Waals surface area contributed by atoms with Crippen LogP contribution in [0.4, 0.5) is 0 Å². The quantitative estimate of drug-likeness (QED) is 0.0689. The maximum atomic E-state index is 14.4. The fourth-order valence-electron chi connectivity index (χ4n) is 7.59. The normalized spacial score (nSPS) is 32.2. The molecule has 12 N–H and O–H groups in total. The molecule has 0 bridgehead atoms. The van der Waals surface area contributed by atoms with Crippen LogP contribution in [0.2, 0.25) is 0 Å². The minimum atomic E-state index is -2.08. The van der Waals surface area contributed by atoms with Gasteiger partial charge in [0.15, 0.2) is 23.0 Å². The van der Waals surface area contributed by atoms with Gasteiger partial charge in [0, 0.05) is 11.8 Å². The van der Waals surface area contributed by atoms with E-state index in [1.54, 1.807) is 0 Å². The number of carbonyl (C=O) groups excluding carboxylic acids is 2. The summed E-state index contributed by atoms with van der Waals surface area (Å²) in [7, 11) is 0. The van der Waals surface area contributed by atoms with Crippen LogP contribution in [-0.2, 0) is 28.5 Å². The molecule has 20 nitrogen and oxygen atoms in total. The molecule has 0 aromatic heterocycles. The number of rotatable bonds is 11. The summed E-state index contributed by atoms with van der Waals surface area (Å²) in [4.78, 5) is 28.6. The number of hydrogen-bond donors (Lipinski definition) is 12. The van der Waals surface area contributed by atoms with E-state index < -0.39 is 127 Å². The van der Waals surface area contributed by atoms with Crippen LogP contribution < -0.4 is 9.47 Å². The molecule has 1 aliphatic carbocycles. The van der Waals surface area contributed by atoms with Gasteiger partial charge in [0.2, 0.25) is 18.9 Å². The summed E-state index contributed by atoms with van der Waals surface area (Å²) in [6.07, 6.45) is -18.4. The molecule has 0 radical (unpaired) electrons. The van der Waals surface area contributed by atoms with Crippen molar-refractivity contribution in [3.05, 3.63) is 96.1 Å². The van der Waals surface area contributed by atoms with E-state index in [9.17, 15) is 70.9 Å². The lowest BCUT2D eigenvalue weighted by molar-refractivity contribution is -0.326. The average molecular weight is 855 g/mol. The van der Waals surface area contributed by atoms with Gasteiger partial charge in [-0.1, -0.05) is 12.1 Å². The molecule has 0 spiro atoms. The maximum absolute atomic E-state index is 14.4. The molecule has 326 valence electrons. The van der Waals surface area contributed by atoms with Crippen LogP contribution in [0.15, 0.2) is 84.9 Å². The van der Waals surface area contributed by atoms with E-state index in [-0.39, 0.29) is 34.1 Å². The topological polar surface area (TPSA) is 332 Å². The fraction of sp³-hybridized carbons (Fsp3) is 0.366. The number of ether oxygens (including phenoxy) is 6. The van der Waals surface area contributed by atoms with E-state index in [2.05, 4.69) is 0 Å². The molecule has 61 heavy (non-hydrogen) atoms. The van der Waals surface area contributed by atoms with Gasteiger partial charge in [-0.05, 0) is 83.9 Å². The number of hydrogen-bond acceptors (Lipinski definition) is 20. The first-order valence-electron chi connectivity index (χ1n) is 18.7. The Balaban J connectivity index is 1.18. The number of aromatic hydroxyl groups is 6. The molecule has 3 aliphatic rings. The molecule has 4 aromatic carbocycles. The maximum Gasteiger partial charge on any atom is 0.312 e. The van der Waals surface area contributed by atoms with E-state index in [1.165, 1.54) is 60.7 Å². The van der Waals surface area contributed by atoms with Crippen LogP contribution in [0, 0.1) is 11.8 Å². The highest BCUT2D eigenvalue weighted by atomic mass is 16.8. The van der Waals surface area contributed by atoms with Gasteiger partial charge in [-0.15, -0.1) is 0 Å². The highest BCUT2D eigenvalue weighted by Crippen LogP contribution is 2.60. The molecule has 2 saturated heterocycles. The monoisotopic (exact) mass is 854 g/mol. The van der Waals surface area contributed by atoms with Crippen molar-refractivity contribution < 1.29 is 99.3 Å². The number of aliphatic hydroxyl groups is 6. The summed E-state index contributed by atoms with van der Waals surface area (Å²) in [5.41, 5.74) is 0.300. The summed E-state index contributed by atoms with van der Waals surface area (Å²) in [5.74, 6) is -10.3. The molecular weight excluding hydrogens is 812 g/mol. The van der Waals surface area contributed by atoms with Crippen LogP contribution in [-0.4, -0.2) is 141 Å². The molecule has 7 rings (SSSR count). The summed E-state index contributed by atoms with van der Waals surface area (Å²) in [6, 6.07) is 17.5. The van der Waals surface area contributed by atoms with Gasteiger partial charge < -0.3 is 85.0 Å². The molecule has 1 saturated carbocycles. The second-order valence-electron chi connectivity index (χ2n) is 14.7. The minimum absolute atomic E-state index is 0.0387.